The average Bonchev–Trinajstić information content (AvgIpc) is 2.80. The summed E-state index contributed by atoms with van der Waals surface area (Å²) in [6.45, 7) is 9.75. The van der Waals surface area contributed by atoms with Crippen molar-refractivity contribution in [2.24, 2.45) is 5.92 Å². The second-order valence-electron chi connectivity index (χ2n) is 5.73. The van der Waals surface area contributed by atoms with Gasteiger partial charge in [-0.2, -0.15) is 11.8 Å². The highest BCUT2D eigenvalue weighted by molar-refractivity contribution is 7.99. The van der Waals surface area contributed by atoms with Crippen LogP contribution in [-0.4, -0.2) is 18.1 Å². The van der Waals surface area contributed by atoms with Crippen LogP contribution >= 0.6 is 11.8 Å². The molecule has 0 saturated heterocycles. The van der Waals surface area contributed by atoms with Gasteiger partial charge in [0.15, 0.2) is 0 Å². The van der Waals surface area contributed by atoms with Gasteiger partial charge in [-0.3, -0.25) is 0 Å². The van der Waals surface area contributed by atoms with Crippen LogP contribution in [0.5, 0.6) is 0 Å². The standard InChI is InChI=1S/C17H25NOS/c1-5-18-15(11-20-10-12(2)3)17-9-14-8-13(4)6-7-16(14)19-17/h6-9,12,15,18H,5,10-11H2,1-4H3. The molecule has 1 aromatic heterocycles. The maximum Gasteiger partial charge on any atom is 0.134 e. The van der Waals surface area contributed by atoms with E-state index in [1.54, 1.807) is 0 Å². The zero-order chi connectivity index (χ0) is 14.5. The summed E-state index contributed by atoms with van der Waals surface area (Å²) in [6.07, 6.45) is 0. The van der Waals surface area contributed by atoms with Gasteiger partial charge in [0, 0.05) is 11.1 Å². The van der Waals surface area contributed by atoms with Gasteiger partial charge in [-0.05, 0) is 43.3 Å². The molecular weight excluding hydrogens is 266 g/mol. The molecule has 1 N–H and O–H groups in total. The number of aryl methyl sites for hydroxylation is 1. The van der Waals surface area contributed by atoms with E-state index in [1.807, 2.05) is 11.8 Å². The second-order valence-corrected chi connectivity index (χ2v) is 6.81. The van der Waals surface area contributed by atoms with Crippen LogP contribution in [0.2, 0.25) is 0 Å². The average molecular weight is 291 g/mol. The molecule has 0 amide bonds. The number of fused-ring (bicyclic) bond motifs is 1. The lowest BCUT2D eigenvalue weighted by molar-refractivity contribution is 0.463. The zero-order valence-electron chi connectivity index (χ0n) is 12.9. The van der Waals surface area contributed by atoms with Crippen molar-refractivity contribution in [2.75, 3.05) is 18.1 Å². The Kier molecular flexibility index (Phi) is 5.55. The molecule has 1 aromatic carbocycles. The molecule has 0 aliphatic rings. The van der Waals surface area contributed by atoms with E-state index in [1.165, 1.54) is 16.7 Å². The zero-order valence-corrected chi connectivity index (χ0v) is 13.7. The Morgan fingerprint density at radius 3 is 2.70 bits per heavy atom. The molecule has 20 heavy (non-hydrogen) atoms. The molecule has 0 aliphatic heterocycles. The lowest BCUT2D eigenvalue weighted by Gasteiger charge is -2.15. The van der Waals surface area contributed by atoms with Gasteiger partial charge in [-0.15, -0.1) is 0 Å². The molecule has 0 saturated carbocycles. The van der Waals surface area contributed by atoms with Crippen molar-refractivity contribution >= 4 is 22.7 Å². The molecular formula is C17H25NOS. The lowest BCUT2D eigenvalue weighted by atomic mass is 10.1. The molecule has 0 radical (unpaired) electrons. The first-order valence-electron chi connectivity index (χ1n) is 7.41. The summed E-state index contributed by atoms with van der Waals surface area (Å²) < 4.78 is 6.02. The maximum atomic E-state index is 6.02. The maximum absolute atomic E-state index is 6.02. The lowest BCUT2D eigenvalue weighted by Crippen LogP contribution is -2.22. The van der Waals surface area contributed by atoms with Crippen LogP contribution in [0.1, 0.15) is 38.1 Å². The third kappa shape index (κ3) is 4.03. The Morgan fingerprint density at radius 1 is 1.20 bits per heavy atom. The highest BCUT2D eigenvalue weighted by Gasteiger charge is 2.15. The number of furan rings is 1. The van der Waals surface area contributed by atoms with Gasteiger partial charge in [-0.1, -0.05) is 32.4 Å². The summed E-state index contributed by atoms with van der Waals surface area (Å²) in [4.78, 5) is 0. The molecule has 0 fully saturated rings. The predicted molar refractivity (Wildman–Crippen MR) is 89.5 cm³/mol. The van der Waals surface area contributed by atoms with Gasteiger partial charge in [0.1, 0.15) is 11.3 Å². The Morgan fingerprint density at radius 2 is 2.00 bits per heavy atom. The molecule has 0 bridgehead atoms. The van der Waals surface area contributed by atoms with E-state index in [4.69, 9.17) is 4.42 Å². The SMILES string of the molecule is CCNC(CSCC(C)C)c1cc2cc(C)ccc2o1. The van der Waals surface area contributed by atoms with Gasteiger partial charge in [0.25, 0.3) is 0 Å². The number of nitrogens with one attached hydrogen (secondary N) is 1. The smallest absolute Gasteiger partial charge is 0.134 e. The van der Waals surface area contributed by atoms with Gasteiger partial charge >= 0.3 is 0 Å². The summed E-state index contributed by atoms with van der Waals surface area (Å²) in [7, 11) is 0. The molecule has 2 nitrogen and oxygen atoms in total. The van der Waals surface area contributed by atoms with E-state index in [-0.39, 0.29) is 0 Å². The van der Waals surface area contributed by atoms with Crippen molar-refractivity contribution in [3.63, 3.8) is 0 Å². The fourth-order valence-corrected chi connectivity index (χ4v) is 3.39. The minimum atomic E-state index is 0.302. The van der Waals surface area contributed by atoms with Gasteiger partial charge < -0.3 is 9.73 Å². The highest BCUT2D eigenvalue weighted by Crippen LogP contribution is 2.27. The van der Waals surface area contributed by atoms with Crippen LogP contribution in [0.15, 0.2) is 28.7 Å². The summed E-state index contributed by atoms with van der Waals surface area (Å²) in [5, 5.41) is 4.74. The molecule has 2 aromatic rings. The molecule has 2 rings (SSSR count). The number of benzene rings is 1. The van der Waals surface area contributed by atoms with E-state index in [9.17, 15) is 0 Å². The van der Waals surface area contributed by atoms with Crippen molar-refractivity contribution in [1.82, 2.24) is 5.32 Å². The largest absolute Gasteiger partial charge is 0.459 e. The first-order valence-corrected chi connectivity index (χ1v) is 8.56. The van der Waals surface area contributed by atoms with E-state index in [0.29, 0.717) is 6.04 Å². The summed E-state index contributed by atoms with van der Waals surface area (Å²) in [6, 6.07) is 8.85. The van der Waals surface area contributed by atoms with E-state index in [2.05, 4.69) is 57.3 Å². The van der Waals surface area contributed by atoms with E-state index < -0.39 is 0 Å². The summed E-state index contributed by atoms with van der Waals surface area (Å²) in [5.41, 5.74) is 2.27. The Hall–Kier alpha value is -0.930. The van der Waals surface area contributed by atoms with Gasteiger partial charge in [0.2, 0.25) is 0 Å². The van der Waals surface area contributed by atoms with Gasteiger partial charge in [0.05, 0.1) is 6.04 Å². The van der Waals surface area contributed by atoms with Crippen molar-refractivity contribution in [3.05, 3.63) is 35.6 Å². The number of rotatable bonds is 7. The monoisotopic (exact) mass is 291 g/mol. The predicted octanol–water partition coefficient (Wildman–Crippen LogP) is 4.78. The van der Waals surface area contributed by atoms with Gasteiger partial charge in [-0.25, -0.2) is 0 Å². The van der Waals surface area contributed by atoms with Crippen LogP contribution in [0, 0.1) is 12.8 Å². The normalized spacial score (nSPS) is 13.2. The minimum absolute atomic E-state index is 0.302. The van der Waals surface area contributed by atoms with E-state index in [0.717, 1.165) is 29.6 Å². The molecule has 3 heteroatoms. The molecule has 0 spiro atoms. The minimum Gasteiger partial charge on any atom is -0.459 e. The highest BCUT2D eigenvalue weighted by atomic mass is 32.2. The van der Waals surface area contributed by atoms with Crippen molar-refractivity contribution in [1.29, 1.82) is 0 Å². The fourth-order valence-electron chi connectivity index (χ4n) is 2.26. The first kappa shape index (κ1) is 15.5. The fraction of sp³-hybridized carbons (Fsp3) is 0.529. The van der Waals surface area contributed by atoms with Crippen molar-refractivity contribution < 1.29 is 4.42 Å². The second kappa shape index (κ2) is 7.19. The topological polar surface area (TPSA) is 25.2 Å². The number of hydrogen-bond donors (Lipinski definition) is 1. The van der Waals surface area contributed by atoms with Crippen LogP contribution in [0.4, 0.5) is 0 Å². The molecule has 1 unspecified atom stereocenters. The van der Waals surface area contributed by atoms with Crippen LogP contribution in [-0.2, 0) is 0 Å². The third-order valence-electron chi connectivity index (χ3n) is 3.22. The summed E-state index contributed by atoms with van der Waals surface area (Å²) >= 11 is 1.99. The third-order valence-corrected chi connectivity index (χ3v) is 4.69. The quantitative estimate of drug-likeness (QED) is 0.794. The first-order chi connectivity index (χ1) is 9.60. The molecule has 0 aliphatic carbocycles. The van der Waals surface area contributed by atoms with Crippen LogP contribution in [0.25, 0.3) is 11.0 Å². The Balaban J connectivity index is 2.13. The number of hydrogen-bond acceptors (Lipinski definition) is 3. The van der Waals surface area contributed by atoms with E-state index >= 15 is 0 Å². The Labute approximate surface area is 126 Å². The van der Waals surface area contributed by atoms with Crippen LogP contribution < -0.4 is 5.32 Å². The summed E-state index contributed by atoms with van der Waals surface area (Å²) in [5.74, 6) is 4.05. The molecule has 1 atom stereocenters. The Bertz CT molecular complexity index is 547. The van der Waals surface area contributed by atoms with Crippen molar-refractivity contribution in [2.45, 2.75) is 33.7 Å². The molecule has 110 valence electrons. The number of thioether (sulfide) groups is 1. The molecule has 1 heterocycles. The van der Waals surface area contributed by atoms with Crippen molar-refractivity contribution in [3.8, 4) is 0 Å². The van der Waals surface area contributed by atoms with Crippen LogP contribution in [0.3, 0.4) is 0 Å².